The van der Waals surface area contributed by atoms with Crippen LogP contribution in [0.15, 0.2) is 22.8 Å². The van der Waals surface area contributed by atoms with Crippen LogP contribution >= 0.6 is 0 Å². The Kier molecular flexibility index (Phi) is 5.96. The predicted octanol–water partition coefficient (Wildman–Crippen LogP) is 1.87. The minimum absolute atomic E-state index is 0.108. The molecule has 0 radical (unpaired) electrons. The number of hydrogen-bond acceptors (Lipinski definition) is 5. The maximum atomic E-state index is 12.2. The molecule has 1 aliphatic carbocycles. The quantitative estimate of drug-likeness (QED) is 0.781. The summed E-state index contributed by atoms with van der Waals surface area (Å²) in [6, 6.07) is 3.70. The number of carbonyl (C=O) groups is 3. The maximum Gasteiger partial charge on any atom is 0.311 e. The first-order valence-electron chi connectivity index (χ1n) is 9.29. The molecule has 1 N–H and O–H groups in total. The zero-order valence-corrected chi connectivity index (χ0v) is 15.1. The van der Waals surface area contributed by atoms with E-state index in [2.05, 4.69) is 12.2 Å². The minimum Gasteiger partial charge on any atom is -0.467 e. The highest BCUT2D eigenvalue weighted by Crippen LogP contribution is 2.24. The zero-order chi connectivity index (χ0) is 18.5. The normalized spacial score (nSPS) is 26.0. The summed E-state index contributed by atoms with van der Waals surface area (Å²) >= 11 is 0. The van der Waals surface area contributed by atoms with E-state index >= 15 is 0 Å². The smallest absolute Gasteiger partial charge is 0.311 e. The van der Waals surface area contributed by atoms with Gasteiger partial charge in [-0.3, -0.25) is 14.4 Å². The number of hydrogen-bond donors (Lipinski definition) is 1. The topological polar surface area (TPSA) is 88.8 Å². The summed E-state index contributed by atoms with van der Waals surface area (Å²) in [5.74, 6) is -0.275. The first kappa shape index (κ1) is 18.5. The summed E-state index contributed by atoms with van der Waals surface area (Å²) in [5, 5.41) is 2.96. The number of esters is 1. The summed E-state index contributed by atoms with van der Waals surface area (Å²) in [4.78, 5) is 37.9. The van der Waals surface area contributed by atoms with Gasteiger partial charge in [0.25, 0.3) is 5.91 Å². The summed E-state index contributed by atoms with van der Waals surface area (Å²) in [6.07, 6.45) is 6.06. The molecule has 26 heavy (non-hydrogen) atoms. The number of nitrogens with one attached hydrogen (secondary N) is 1. The molecule has 0 bridgehead atoms. The molecule has 2 fully saturated rings. The molecule has 3 atom stereocenters. The average Bonchev–Trinajstić information content (AvgIpc) is 3.25. The van der Waals surface area contributed by atoms with Gasteiger partial charge in [-0.05, 0) is 30.9 Å². The van der Waals surface area contributed by atoms with Crippen molar-refractivity contribution >= 4 is 17.8 Å². The average molecular weight is 362 g/mol. The summed E-state index contributed by atoms with van der Waals surface area (Å²) in [6.45, 7) is 2.48. The molecule has 7 nitrogen and oxygen atoms in total. The summed E-state index contributed by atoms with van der Waals surface area (Å²) < 4.78 is 10.4. The van der Waals surface area contributed by atoms with E-state index in [0.717, 1.165) is 19.3 Å². The van der Waals surface area contributed by atoms with Crippen molar-refractivity contribution < 1.29 is 23.5 Å². The second-order valence-electron chi connectivity index (χ2n) is 7.30. The lowest BCUT2D eigenvalue weighted by atomic mass is 9.86. The lowest BCUT2D eigenvalue weighted by Gasteiger charge is -2.29. The fraction of sp³-hybridized carbons (Fsp3) is 0.632. The highest BCUT2D eigenvalue weighted by Gasteiger charge is 2.36. The van der Waals surface area contributed by atoms with E-state index in [0.29, 0.717) is 24.8 Å². The SMILES string of the molecule is C[C@H]1CCCC[C@H]1NC(=O)COC(=O)[C@@H]1CC(=O)N(Cc2ccco2)C1. The van der Waals surface area contributed by atoms with Crippen molar-refractivity contribution in [3.63, 3.8) is 0 Å². The largest absolute Gasteiger partial charge is 0.467 e. The Labute approximate surface area is 153 Å². The van der Waals surface area contributed by atoms with E-state index < -0.39 is 11.9 Å². The van der Waals surface area contributed by atoms with Crippen LogP contribution in [0.25, 0.3) is 0 Å². The van der Waals surface area contributed by atoms with Gasteiger partial charge in [0, 0.05) is 19.0 Å². The van der Waals surface area contributed by atoms with Gasteiger partial charge in [-0.15, -0.1) is 0 Å². The van der Waals surface area contributed by atoms with Crippen LogP contribution in [0.3, 0.4) is 0 Å². The van der Waals surface area contributed by atoms with Crippen molar-refractivity contribution in [1.82, 2.24) is 10.2 Å². The molecule has 0 aromatic carbocycles. The summed E-state index contributed by atoms with van der Waals surface area (Å²) in [5.41, 5.74) is 0. The number of ether oxygens (including phenoxy) is 1. The summed E-state index contributed by atoms with van der Waals surface area (Å²) in [7, 11) is 0. The first-order chi connectivity index (χ1) is 12.5. The molecule has 2 aliphatic rings. The zero-order valence-electron chi connectivity index (χ0n) is 15.1. The van der Waals surface area contributed by atoms with Crippen LogP contribution in [0.4, 0.5) is 0 Å². The Morgan fingerprint density at radius 2 is 2.15 bits per heavy atom. The van der Waals surface area contributed by atoms with E-state index in [1.165, 1.54) is 6.42 Å². The van der Waals surface area contributed by atoms with Crippen molar-refractivity contribution in [2.75, 3.05) is 13.2 Å². The van der Waals surface area contributed by atoms with Gasteiger partial charge in [0.1, 0.15) is 5.76 Å². The van der Waals surface area contributed by atoms with E-state index in [1.54, 1.807) is 23.3 Å². The van der Waals surface area contributed by atoms with E-state index in [4.69, 9.17) is 9.15 Å². The van der Waals surface area contributed by atoms with Gasteiger partial charge in [0.2, 0.25) is 5.91 Å². The molecule has 142 valence electrons. The van der Waals surface area contributed by atoms with Gasteiger partial charge in [0.15, 0.2) is 6.61 Å². The molecule has 1 saturated carbocycles. The number of furan rings is 1. The molecule has 7 heteroatoms. The van der Waals surface area contributed by atoms with Crippen LogP contribution in [0.5, 0.6) is 0 Å². The van der Waals surface area contributed by atoms with Crippen molar-refractivity contribution in [3.8, 4) is 0 Å². The minimum atomic E-state index is -0.529. The van der Waals surface area contributed by atoms with Gasteiger partial charge in [-0.25, -0.2) is 0 Å². The van der Waals surface area contributed by atoms with Crippen LogP contribution in [-0.2, 0) is 25.7 Å². The van der Waals surface area contributed by atoms with E-state index in [9.17, 15) is 14.4 Å². The van der Waals surface area contributed by atoms with Crippen LogP contribution in [0, 0.1) is 11.8 Å². The fourth-order valence-electron chi connectivity index (χ4n) is 3.71. The molecule has 1 aliphatic heterocycles. The van der Waals surface area contributed by atoms with Gasteiger partial charge in [-0.1, -0.05) is 19.8 Å². The molecule has 1 aromatic rings. The van der Waals surface area contributed by atoms with Crippen LogP contribution in [0.1, 0.15) is 44.8 Å². The van der Waals surface area contributed by atoms with Gasteiger partial charge < -0.3 is 19.4 Å². The molecule has 1 aromatic heterocycles. The van der Waals surface area contributed by atoms with Crippen molar-refractivity contribution in [2.45, 2.75) is 51.6 Å². The number of rotatable bonds is 6. The lowest BCUT2D eigenvalue weighted by molar-refractivity contribution is -0.152. The highest BCUT2D eigenvalue weighted by atomic mass is 16.5. The second-order valence-corrected chi connectivity index (χ2v) is 7.30. The second kappa shape index (κ2) is 8.38. The van der Waals surface area contributed by atoms with Gasteiger partial charge in [-0.2, -0.15) is 0 Å². The molecule has 3 rings (SSSR count). The number of amides is 2. The third-order valence-corrected chi connectivity index (χ3v) is 5.28. The Morgan fingerprint density at radius 3 is 2.88 bits per heavy atom. The number of carbonyl (C=O) groups excluding carboxylic acids is 3. The van der Waals surface area contributed by atoms with E-state index in [1.807, 2.05) is 0 Å². The molecule has 1 saturated heterocycles. The molecular weight excluding hydrogens is 336 g/mol. The molecule has 2 amide bonds. The third kappa shape index (κ3) is 4.65. The van der Waals surface area contributed by atoms with Gasteiger partial charge >= 0.3 is 5.97 Å². The number of likely N-dealkylation sites (tertiary alicyclic amines) is 1. The van der Waals surface area contributed by atoms with Gasteiger partial charge in [0.05, 0.1) is 18.7 Å². The lowest BCUT2D eigenvalue weighted by Crippen LogP contribution is -2.43. The predicted molar refractivity (Wildman–Crippen MR) is 92.8 cm³/mol. The van der Waals surface area contributed by atoms with Crippen LogP contribution in [0.2, 0.25) is 0 Å². The fourth-order valence-corrected chi connectivity index (χ4v) is 3.71. The van der Waals surface area contributed by atoms with Crippen molar-refractivity contribution in [2.24, 2.45) is 11.8 Å². The van der Waals surface area contributed by atoms with Crippen LogP contribution < -0.4 is 5.32 Å². The monoisotopic (exact) mass is 362 g/mol. The number of nitrogens with zero attached hydrogens (tertiary/aromatic N) is 1. The third-order valence-electron chi connectivity index (χ3n) is 5.28. The first-order valence-corrected chi connectivity index (χ1v) is 9.29. The molecule has 0 spiro atoms. The van der Waals surface area contributed by atoms with Crippen molar-refractivity contribution in [3.05, 3.63) is 24.2 Å². The highest BCUT2D eigenvalue weighted by molar-refractivity contribution is 5.88. The molecular formula is C19H26N2O5. The van der Waals surface area contributed by atoms with Crippen LogP contribution in [-0.4, -0.2) is 41.9 Å². The van der Waals surface area contributed by atoms with Crippen molar-refractivity contribution in [1.29, 1.82) is 0 Å². The molecule has 2 heterocycles. The Balaban J connectivity index is 1.42. The standard InChI is InChI=1S/C19H26N2O5/c1-13-5-2-3-7-16(13)20-17(22)12-26-19(24)14-9-18(23)21(10-14)11-15-6-4-8-25-15/h4,6,8,13-14,16H,2-3,5,7,9-12H2,1H3,(H,20,22)/t13-,14+,16+/m0/s1. The van der Waals surface area contributed by atoms with E-state index in [-0.39, 0.29) is 30.9 Å². The Bertz CT molecular complexity index is 642. The maximum absolute atomic E-state index is 12.2. The molecule has 0 unspecified atom stereocenters. The Hall–Kier alpha value is -2.31. The Morgan fingerprint density at radius 1 is 1.35 bits per heavy atom.